The molecule has 1 aromatic rings. The van der Waals surface area contributed by atoms with Crippen molar-refractivity contribution in [2.75, 3.05) is 12.4 Å². The number of imide groups is 1. The van der Waals surface area contributed by atoms with Crippen LogP contribution in [-0.4, -0.2) is 75.5 Å². The summed E-state index contributed by atoms with van der Waals surface area (Å²) in [6, 6.07) is 10.9. The highest BCUT2D eigenvalue weighted by Crippen LogP contribution is 2.36. The Balaban J connectivity index is -0.000000147. The molecule has 1 unspecified atom stereocenters. The first kappa shape index (κ1) is 68.9. The molecule has 1 N–H and O–H groups in total. The Morgan fingerprint density at radius 3 is 1.61 bits per heavy atom. The first-order chi connectivity index (χ1) is 28.1. The molecule has 352 valence electrons. The molecule has 0 bridgehead atoms. The standard InChI is InChI=1S/C11H16S2.C8H11NO4.C6H13NO.C5H10O2.C5H8.C4H9Br.C3H7N3.CH3NO2/c1-9(2)10(3)12-13-11-7-5-4-6-8-11;1-5(2)8(12)13-9-6(10)3-4-7(9)11;1-4-6(8)7-5(2)3;1-4(2)7-5(3)6;1-4-5(2)3;1-4(2)3-5;1-3(2)5-6-4;1-2(3)4/h4-10H,1-3H3;5H,3-4H2,1-2H3;5H,4H2,1-3H3,(H,7,8);4H,1-3H3;1,5H,2-3H3;4H,3H2,1-2H3;3H,1-2H3;1H3. The molecule has 1 heterocycles. The van der Waals surface area contributed by atoms with Gasteiger partial charge in [-0.25, -0.2) is 4.79 Å². The van der Waals surface area contributed by atoms with Gasteiger partial charge in [0.05, 0.1) is 12.0 Å². The predicted molar refractivity (Wildman–Crippen MR) is 256 cm³/mol. The number of halogens is 1. The van der Waals surface area contributed by atoms with Crippen molar-refractivity contribution >= 4 is 67.2 Å². The van der Waals surface area contributed by atoms with E-state index >= 15 is 0 Å². The fourth-order valence-electron chi connectivity index (χ4n) is 2.43. The summed E-state index contributed by atoms with van der Waals surface area (Å²) >= 11 is 3.31. The van der Waals surface area contributed by atoms with Gasteiger partial charge in [0.15, 0.2) is 7.05 Å². The molecule has 1 aliphatic heterocycles. The van der Waals surface area contributed by atoms with E-state index in [2.05, 4.69) is 112 Å². The van der Waals surface area contributed by atoms with Crippen LogP contribution in [0.15, 0.2) is 40.3 Å². The third kappa shape index (κ3) is 63.0. The minimum Gasteiger partial charge on any atom is -0.463 e. The van der Waals surface area contributed by atoms with Gasteiger partial charge in [-0.15, -0.1) is 17.4 Å². The SMILES string of the molecule is C#CC(C)C.CC(=O)OC(C)C.CC(C)C(=O)ON1C(=O)CCC1=O.CC(C)C(C)SSc1ccccc1.CC(C)CBr.CC(C)N=[N+]=[N-].CCC(=O)NC(C)C.C[N+](=O)[O-]. The Bertz CT molecular complexity index is 1380. The average Bonchev–Trinajstić information content (AvgIpc) is 3.46. The lowest BCUT2D eigenvalue weighted by Gasteiger charge is -2.13. The second-order valence-electron chi connectivity index (χ2n) is 14.9. The summed E-state index contributed by atoms with van der Waals surface area (Å²) in [6.07, 6.45) is 5.79. The van der Waals surface area contributed by atoms with Crippen molar-refractivity contribution in [1.29, 1.82) is 0 Å². The van der Waals surface area contributed by atoms with E-state index in [1.807, 2.05) is 83.9 Å². The molecule has 0 radical (unpaired) electrons. The van der Waals surface area contributed by atoms with Crippen molar-refractivity contribution in [3.8, 4) is 12.3 Å². The predicted octanol–water partition coefficient (Wildman–Crippen LogP) is 11.5. The van der Waals surface area contributed by atoms with Crippen LogP contribution in [0.2, 0.25) is 0 Å². The molecule has 1 aliphatic rings. The first-order valence-corrected chi connectivity index (χ1v) is 23.5. The molecule has 1 atom stereocenters. The fourth-order valence-corrected chi connectivity index (χ4v) is 4.97. The van der Waals surface area contributed by atoms with E-state index in [0.29, 0.717) is 22.7 Å². The van der Waals surface area contributed by atoms with Crippen LogP contribution in [0.25, 0.3) is 10.4 Å². The Hall–Kier alpha value is -3.78. The van der Waals surface area contributed by atoms with E-state index in [1.165, 1.54) is 11.8 Å². The highest BCUT2D eigenvalue weighted by atomic mass is 79.9. The Labute approximate surface area is 384 Å². The van der Waals surface area contributed by atoms with Gasteiger partial charge < -0.3 is 14.9 Å². The lowest BCUT2D eigenvalue weighted by molar-refractivity contribution is -0.445. The zero-order valence-corrected chi connectivity index (χ0v) is 43.2. The number of alkyl halides is 1. The van der Waals surface area contributed by atoms with Crippen LogP contribution in [-0.2, 0) is 33.5 Å². The number of amides is 3. The van der Waals surface area contributed by atoms with Crippen molar-refractivity contribution in [2.24, 2.45) is 28.8 Å². The number of benzene rings is 1. The minimum absolute atomic E-state index is 0.0255. The Kier molecular flexibility index (Phi) is 51.7. The van der Waals surface area contributed by atoms with Crippen molar-refractivity contribution < 1.29 is 38.5 Å². The van der Waals surface area contributed by atoms with Gasteiger partial charge in [0.1, 0.15) is 0 Å². The number of azide groups is 1. The van der Waals surface area contributed by atoms with Gasteiger partial charge in [0.2, 0.25) is 5.91 Å². The normalized spacial score (nSPS) is 11.3. The third-order valence-corrected chi connectivity index (χ3v) is 10.2. The fraction of sp³-hybridized carbons (Fsp3) is 0.698. The molecule has 0 spiro atoms. The molecule has 18 heteroatoms. The van der Waals surface area contributed by atoms with E-state index in [4.69, 9.17) is 22.1 Å². The van der Waals surface area contributed by atoms with Gasteiger partial charge in [0, 0.05) is 69.5 Å². The van der Waals surface area contributed by atoms with E-state index in [-0.39, 0.29) is 48.8 Å². The second-order valence-corrected chi connectivity index (χ2v) is 18.2. The highest BCUT2D eigenvalue weighted by Gasteiger charge is 2.33. The summed E-state index contributed by atoms with van der Waals surface area (Å²) in [7, 11) is 4.72. The van der Waals surface area contributed by atoms with Gasteiger partial charge in [-0.2, -0.15) is 0 Å². The first-order valence-electron chi connectivity index (χ1n) is 20.1. The van der Waals surface area contributed by atoms with Gasteiger partial charge in [-0.3, -0.25) is 29.3 Å². The number of carbonyl (C=O) groups excluding carboxylic acids is 5. The van der Waals surface area contributed by atoms with Crippen LogP contribution in [0.3, 0.4) is 0 Å². The van der Waals surface area contributed by atoms with E-state index < -0.39 is 22.7 Å². The molecule has 3 amide bonds. The second kappa shape index (κ2) is 45.7. The molecule has 0 aliphatic carbocycles. The van der Waals surface area contributed by atoms with Gasteiger partial charge in [-0.1, -0.05) is 144 Å². The van der Waals surface area contributed by atoms with Crippen LogP contribution in [0, 0.1) is 46.1 Å². The van der Waals surface area contributed by atoms with Crippen molar-refractivity contribution in [3.05, 3.63) is 50.9 Å². The number of esters is 1. The molecule has 1 saturated heterocycles. The van der Waals surface area contributed by atoms with E-state index in [0.717, 1.165) is 24.2 Å². The summed E-state index contributed by atoms with van der Waals surface area (Å²) < 4.78 is 4.61. The van der Waals surface area contributed by atoms with Crippen LogP contribution in [0.1, 0.15) is 137 Å². The maximum absolute atomic E-state index is 11.0. The lowest BCUT2D eigenvalue weighted by atomic mass is 10.2. The largest absolute Gasteiger partial charge is 0.463 e. The number of hydrogen-bond acceptors (Lipinski definition) is 12. The summed E-state index contributed by atoms with van der Waals surface area (Å²) in [6.45, 7) is 32.9. The average molecular weight is 966 g/mol. The molecule has 1 aromatic carbocycles. The van der Waals surface area contributed by atoms with Crippen LogP contribution in [0.4, 0.5) is 0 Å². The molecule has 15 nitrogen and oxygen atoms in total. The monoisotopic (exact) mass is 964 g/mol. The molecule has 0 saturated carbocycles. The zero-order valence-electron chi connectivity index (χ0n) is 40.0. The van der Waals surface area contributed by atoms with Crippen LogP contribution in [0.5, 0.6) is 0 Å². The smallest absolute Gasteiger partial charge is 0.335 e. The van der Waals surface area contributed by atoms with Gasteiger partial charge in [-0.05, 0) is 57.2 Å². The quantitative estimate of drug-likeness (QED) is 0.0210. The van der Waals surface area contributed by atoms with Crippen LogP contribution >= 0.6 is 37.5 Å². The number of hydrogen-bond donors (Lipinski definition) is 1. The summed E-state index contributed by atoms with van der Waals surface area (Å²) in [4.78, 5) is 70.3. The van der Waals surface area contributed by atoms with Crippen molar-refractivity contribution in [3.63, 3.8) is 0 Å². The molecule has 61 heavy (non-hydrogen) atoms. The number of nitrogens with one attached hydrogen (secondary N) is 1. The highest BCUT2D eigenvalue weighted by molar-refractivity contribution is 9.09. The Morgan fingerprint density at radius 1 is 0.967 bits per heavy atom. The topological polar surface area (TPSA) is 211 Å². The maximum Gasteiger partial charge on any atom is 0.335 e. The molecule has 1 fully saturated rings. The lowest BCUT2D eigenvalue weighted by Crippen LogP contribution is -2.33. The Morgan fingerprint density at radius 2 is 1.39 bits per heavy atom. The van der Waals surface area contributed by atoms with Crippen molar-refractivity contribution in [1.82, 2.24) is 10.4 Å². The zero-order chi connectivity index (χ0) is 49.3. The number of rotatable bonds is 11. The van der Waals surface area contributed by atoms with Crippen LogP contribution < -0.4 is 5.32 Å². The number of ether oxygens (including phenoxy) is 1. The summed E-state index contributed by atoms with van der Waals surface area (Å²) in [5, 5.41) is 17.3. The summed E-state index contributed by atoms with van der Waals surface area (Å²) in [5.74, 6) is 2.60. The number of hydroxylamine groups is 2. The number of carbonyl (C=O) groups is 5. The van der Waals surface area contributed by atoms with E-state index in [9.17, 15) is 24.0 Å². The number of terminal acetylenes is 1. The van der Waals surface area contributed by atoms with E-state index in [1.54, 1.807) is 13.8 Å². The summed E-state index contributed by atoms with van der Waals surface area (Å²) in [5.41, 5.74) is 7.70. The van der Waals surface area contributed by atoms with Crippen molar-refractivity contribution in [2.45, 2.75) is 165 Å². The molecule has 2 rings (SSSR count). The maximum atomic E-state index is 11.0. The minimum atomic E-state index is -0.566. The molecular formula is C43H77BrN6O9S2. The number of nitro groups is 1. The van der Waals surface area contributed by atoms with Gasteiger partial charge in [0.25, 0.3) is 11.8 Å². The van der Waals surface area contributed by atoms with Gasteiger partial charge >= 0.3 is 11.9 Å². The third-order valence-electron chi connectivity index (χ3n) is 5.73. The molecular weight excluding hydrogens is 889 g/mol. The molecule has 0 aromatic heterocycles. The number of nitrogens with zero attached hydrogens (tertiary/aromatic N) is 5.